The topological polar surface area (TPSA) is 48.1 Å². The molecule has 0 radical (unpaired) electrons. The van der Waals surface area contributed by atoms with Crippen molar-refractivity contribution >= 4 is 0 Å². The molecule has 1 aromatic heterocycles. The zero-order valence-electron chi connectivity index (χ0n) is 15.6. The van der Waals surface area contributed by atoms with E-state index < -0.39 is 0 Å². The van der Waals surface area contributed by atoms with Gasteiger partial charge in [0, 0.05) is 19.9 Å². The minimum atomic E-state index is -0.270. The second-order valence-electron chi connectivity index (χ2n) is 6.41. The van der Waals surface area contributed by atoms with Crippen LogP contribution in [0, 0.1) is 0 Å². The Labute approximate surface area is 150 Å². The molecule has 138 valence electrons. The predicted molar refractivity (Wildman–Crippen MR) is 99.1 cm³/mol. The van der Waals surface area contributed by atoms with E-state index in [1.165, 1.54) is 16.2 Å². The van der Waals surface area contributed by atoms with Crippen molar-refractivity contribution in [3.05, 3.63) is 53.9 Å². The third-order valence-electron chi connectivity index (χ3n) is 4.50. The molecule has 1 heterocycles. The fraction of sp³-hybridized carbons (Fsp3) is 0.500. The van der Waals surface area contributed by atoms with Crippen LogP contribution in [0.5, 0.6) is 5.75 Å². The van der Waals surface area contributed by atoms with Gasteiger partial charge in [0.2, 0.25) is 0 Å². The Morgan fingerprint density at radius 2 is 2.04 bits per heavy atom. The standard InChI is InChI=1S/C20H30N2O3/c1-4-19(23)16-21(11-12-24-2)15-18-8-6-10-22(18)14-17-7-5-9-20(13-17)25-3/h5-10,13,19,23H,4,11-12,14-16H2,1-3H3/p+1/t19-/m0/s1. The predicted octanol–water partition coefficient (Wildman–Crippen LogP) is 1.35. The summed E-state index contributed by atoms with van der Waals surface area (Å²) in [6.07, 6.45) is 2.62. The highest BCUT2D eigenvalue weighted by Gasteiger charge is 2.16. The summed E-state index contributed by atoms with van der Waals surface area (Å²) in [4.78, 5) is 1.33. The Kier molecular flexibility index (Phi) is 7.98. The number of aliphatic hydroxyl groups is 1. The van der Waals surface area contributed by atoms with E-state index in [-0.39, 0.29) is 6.10 Å². The van der Waals surface area contributed by atoms with E-state index >= 15 is 0 Å². The largest absolute Gasteiger partial charge is 0.497 e. The molecule has 0 amide bonds. The Morgan fingerprint density at radius 3 is 2.76 bits per heavy atom. The monoisotopic (exact) mass is 347 g/mol. The zero-order valence-corrected chi connectivity index (χ0v) is 15.6. The summed E-state index contributed by atoms with van der Waals surface area (Å²) in [5.41, 5.74) is 2.47. The van der Waals surface area contributed by atoms with Gasteiger partial charge in [-0.1, -0.05) is 19.1 Å². The quantitative estimate of drug-likeness (QED) is 0.645. The first-order valence-electron chi connectivity index (χ1n) is 8.93. The number of hydrogen-bond acceptors (Lipinski definition) is 3. The lowest BCUT2D eigenvalue weighted by atomic mass is 10.2. The molecular weight excluding hydrogens is 316 g/mol. The molecule has 1 aromatic carbocycles. The molecule has 0 aliphatic heterocycles. The van der Waals surface area contributed by atoms with Crippen LogP contribution < -0.4 is 9.64 Å². The minimum Gasteiger partial charge on any atom is -0.497 e. The van der Waals surface area contributed by atoms with Gasteiger partial charge in [-0.2, -0.15) is 0 Å². The van der Waals surface area contributed by atoms with Crippen LogP contribution in [-0.4, -0.2) is 49.7 Å². The molecule has 25 heavy (non-hydrogen) atoms. The van der Waals surface area contributed by atoms with Crippen molar-refractivity contribution in [2.45, 2.75) is 32.5 Å². The van der Waals surface area contributed by atoms with E-state index in [2.05, 4.69) is 35.0 Å². The van der Waals surface area contributed by atoms with Crippen LogP contribution in [0.1, 0.15) is 24.6 Å². The summed E-state index contributed by atoms with van der Waals surface area (Å²) in [7, 11) is 3.41. The number of benzene rings is 1. The van der Waals surface area contributed by atoms with Gasteiger partial charge in [-0.15, -0.1) is 0 Å². The first kappa shape index (κ1) is 19.5. The lowest BCUT2D eigenvalue weighted by molar-refractivity contribution is -0.917. The van der Waals surface area contributed by atoms with Gasteiger partial charge in [0.1, 0.15) is 31.5 Å². The smallest absolute Gasteiger partial charge is 0.119 e. The molecule has 0 fully saturated rings. The number of aliphatic hydroxyl groups excluding tert-OH is 1. The van der Waals surface area contributed by atoms with Gasteiger partial charge in [-0.3, -0.25) is 0 Å². The maximum atomic E-state index is 10.0. The molecule has 2 N–H and O–H groups in total. The normalized spacial score (nSPS) is 13.6. The fourth-order valence-corrected chi connectivity index (χ4v) is 2.97. The van der Waals surface area contributed by atoms with Crippen molar-refractivity contribution in [1.29, 1.82) is 0 Å². The molecule has 1 unspecified atom stereocenters. The molecule has 0 saturated carbocycles. The molecule has 5 nitrogen and oxygen atoms in total. The number of methoxy groups -OCH3 is 2. The molecule has 0 aliphatic rings. The maximum Gasteiger partial charge on any atom is 0.119 e. The Balaban J connectivity index is 2.07. The Hall–Kier alpha value is -1.82. The van der Waals surface area contributed by atoms with Crippen molar-refractivity contribution in [1.82, 2.24) is 4.57 Å². The molecule has 2 aromatic rings. The summed E-state index contributed by atoms with van der Waals surface area (Å²) in [6, 6.07) is 12.4. The minimum absolute atomic E-state index is 0.270. The molecule has 0 bridgehead atoms. The van der Waals surface area contributed by atoms with Crippen molar-refractivity contribution in [2.24, 2.45) is 0 Å². The van der Waals surface area contributed by atoms with Gasteiger partial charge in [0.05, 0.1) is 19.4 Å². The van der Waals surface area contributed by atoms with E-state index in [0.29, 0.717) is 6.61 Å². The molecule has 2 rings (SSSR count). The maximum absolute atomic E-state index is 10.0. The van der Waals surface area contributed by atoms with Crippen LogP contribution in [0.2, 0.25) is 0 Å². The average molecular weight is 347 g/mol. The van der Waals surface area contributed by atoms with Gasteiger partial charge in [-0.25, -0.2) is 0 Å². The summed E-state index contributed by atoms with van der Waals surface area (Å²) in [5, 5.41) is 10.0. The fourth-order valence-electron chi connectivity index (χ4n) is 2.97. The van der Waals surface area contributed by atoms with Crippen molar-refractivity contribution in [3.8, 4) is 5.75 Å². The zero-order chi connectivity index (χ0) is 18.1. The Morgan fingerprint density at radius 1 is 1.20 bits per heavy atom. The van der Waals surface area contributed by atoms with Crippen LogP contribution >= 0.6 is 0 Å². The third-order valence-corrected chi connectivity index (χ3v) is 4.50. The van der Waals surface area contributed by atoms with Crippen molar-refractivity contribution in [2.75, 3.05) is 33.9 Å². The highest BCUT2D eigenvalue weighted by Crippen LogP contribution is 2.14. The number of ether oxygens (including phenoxy) is 2. The van der Waals surface area contributed by atoms with Crippen LogP contribution in [-0.2, 0) is 17.8 Å². The summed E-state index contributed by atoms with van der Waals surface area (Å²) >= 11 is 0. The van der Waals surface area contributed by atoms with Crippen LogP contribution in [0.3, 0.4) is 0 Å². The summed E-state index contributed by atoms with van der Waals surface area (Å²) < 4.78 is 12.8. The second-order valence-corrected chi connectivity index (χ2v) is 6.41. The number of nitrogens with zero attached hydrogens (tertiary/aromatic N) is 1. The van der Waals surface area contributed by atoms with E-state index in [0.717, 1.165) is 38.3 Å². The first-order valence-corrected chi connectivity index (χ1v) is 8.93. The van der Waals surface area contributed by atoms with E-state index in [9.17, 15) is 5.11 Å². The van der Waals surface area contributed by atoms with E-state index in [1.54, 1.807) is 14.2 Å². The number of nitrogens with one attached hydrogen (secondary N) is 1. The van der Waals surface area contributed by atoms with Crippen molar-refractivity contribution < 1.29 is 19.5 Å². The van der Waals surface area contributed by atoms with Gasteiger partial charge >= 0.3 is 0 Å². The first-order chi connectivity index (χ1) is 12.2. The van der Waals surface area contributed by atoms with Crippen molar-refractivity contribution in [3.63, 3.8) is 0 Å². The number of aromatic nitrogens is 1. The third kappa shape index (κ3) is 6.20. The average Bonchev–Trinajstić information content (AvgIpc) is 3.06. The molecular formula is C20H31N2O3+. The van der Waals surface area contributed by atoms with Crippen LogP contribution in [0.25, 0.3) is 0 Å². The highest BCUT2D eigenvalue weighted by molar-refractivity contribution is 5.29. The lowest BCUT2D eigenvalue weighted by Crippen LogP contribution is -3.12. The van der Waals surface area contributed by atoms with Gasteiger partial charge in [0.25, 0.3) is 0 Å². The molecule has 5 heteroatoms. The number of rotatable bonds is 11. The van der Waals surface area contributed by atoms with Gasteiger partial charge in [0.15, 0.2) is 0 Å². The Bertz CT molecular complexity index is 627. The lowest BCUT2D eigenvalue weighted by Gasteiger charge is -2.22. The summed E-state index contributed by atoms with van der Waals surface area (Å²) in [6.45, 7) is 6.03. The molecule has 0 aliphatic carbocycles. The van der Waals surface area contributed by atoms with E-state index in [1.807, 2.05) is 19.1 Å². The van der Waals surface area contributed by atoms with Gasteiger partial charge in [-0.05, 0) is 36.2 Å². The van der Waals surface area contributed by atoms with Gasteiger partial charge < -0.3 is 24.0 Å². The number of hydrogen-bond donors (Lipinski definition) is 2. The van der Waals surface area contributed by atoms with E-state index in [4.69, 9.17) is 9.47 Å². The highest BCUT2D eigenvalue weighted by atomic mass is 16.5. The molecule has 0 spiro atoms. The SMILES string of the molecule is CC[C@H](O)C[NH+](CCOC)Cc1cccn1Cc1cccc(OC)c1. The molecule has 2 atom stereocenters. The second kappa shape index (κ2) is 10.2. The van der Waals surface area contributed by atoms with Crippen LogP contribution in [0.4, 0.5) is 0 Å². The molecule has 0 saturated heterocycles. The number of quaternary nitrogens is 1. The van der Waals surface area contributed by atoms with Crippen LogP contribution in [0.15, 0.2) is 42.6 Å². The summed E-state index contributed by atoms with van der Waals surface area (Å²) in [5.74, 6) is 0.879.